The highest BCUT2D eigenvalue weighted by molar-refractivity contribution is 9.10. The molecule has 1 amide bonds. The molecule has 0 unspecified atom stereocenters. The van der Waals surface area contributed by atoms with Gasteiger partial charge in [0.15, 0.2) is 0 Å². The van der Waals surface area contributed by atoms with E-state index in [2.05, 4.69) is 25.9 Å². The van der Waals surface area contributed by atoms with Gasteiger partial charge in [-0.2, -0.15) is 5.10 Å². The maximum atomic E-state index is 13.8. The minimum absolute atomic E-state index is 0.0180. The number of aromatic nitrogens is 2. The molecular weight excluding hydrogens is 375 g/mol. The third-order valence-electron chi connectivity index (χ3n) is 4.36. The zero-order valence-electron chi connectivity index (χ0n) is 13.8. The Morgan fingerprint density at radius 3 is 2.50 bits per heavy atom. The largest absolute Gasteiger partial charge is 0.335 e. The van der Waals surface area contributed by atoms with Gasteiger partial charge < -0.3 is 4.90 Å². The number of nitrogens with zero attached hydrogens (tertiary/aromatic N) is 4. The topological polar surface area (TPSA) is 41.4 Å². The van der Waals surface area contributed by atoms with Crippen LogP contribution in [0.25, 0.3) is 0 Å². The molecule has 1 saturated heterocycles. The molecule has 24 heavy (non-hydrogen) atoms. The molecule has 1 aromatic carbocycles. The minimum atomic E-state index is -0.176. The van der Waals surface area contributed by atoms with Gasteiger partial charge in [0, 0.05) is 45.3 Å². The zero-order chi connectivity index (χ0) is 17.3. The van der Waals surface area contributed by atoms with Gasteiger partial charge in [-0.3, -0.25) is 14.4 Å². The van der Waals surface area contributed by atoms with Crippen LogP contribution in [-0.4, -0.2) is 51.7 Å². The van der Waals surface area contributed by atoms with Crippen molar-refractivity contribution in [1.82, 2.24) is 19.6 Å². The fourth-order valence-electron chi connectivity index (χ4n) is 2.99. The number of carbonyl (C=O) groups excluding carboxylic acids is 1. The van der Waals surface area contributed by atoms with E-state index in [1.165, 1.54) is 6.07 Å². The smallest absolute Gasteiger partial charge is 0.273 e. The Morgan fingerprint density at radius 2 is 1.92 bits per heavy atom. The van der Waals surface area contributed by atoms with Crippen molar-refractivity contribution < 1.29 is 9.18 Å². The molecule has 5 nitrogen and oxygen atoms in total. The lowest BCUT2D eigenvalue weighted by atomic mass is 10.2. The van der Waals surface area contributed by atoms with Crippen LogP contribution >= 0.6 is 15.9 Å². The number of piperazine rings is 1. The van der Waals surface area contributed by atoms with Crippen molar-refractivity contribution in [2.24, 2.45) is 7.05 Å². The highest BCUT2D eigenvalue weighted by Gasteiger charge is 2.27. The van der Waals surface area contributed by atoms with Crippen molar-refractivity contribution in [1.29, 1.82) is 0 Å². The molecule has 0 bridgehead atoms. The lowest BCUT2D eigenvalue weighted by Gasteiger charge is -2.34. The first-order valence-corrected chi connectivity index (χ1v) is 8.71. The summed E-state index contributed by atoms with van der Waals surface area (Å²) in [5.41, 5.74) is 2.08. The fraction of sp³-hybridized carbons (Fsp3) is 0.412. The van der Waals surface area contributed by atoms with Crippen LogP contribution in [0.4, 0.5) is 4.39 Å². The van der Waals surface area contributed by atoms with Gasteiger partial charge in [0.05, 0.1) is 10.2 Å². The van der Waals surface area contributed by atoms with Gasteiger partial charge in [-0.15, -0.1) is 0 Å². The lowest BCUT2D eigenvalue weighted by Crippen LogP contribution is -2.48. The number of benzene rings is 1. The third-order valence-corrected chi connectivity index (χ3v) is 5.31. The average molecular weight is 395 g/mol. The summed E-state index contributed by atoms with van der Waals surface area (Å²) in [7, 11) is 1.78. The minimum Gasteiger partial charge on any atom is -0.335 e. The summed E-state index contributed by atoms with van der Waals surface area (Å²) in [5.74, 6) is -0.194. The summed E-state index contributed by atoms with van der Waals surface area (Å²) in [6, 6.07) is 6.84. The maximum absolute atomic E-state index is 13.8. The second kappa shape index (κ2) is 7.03. The Kier molecular flexibility index (Phi) is 5.01. The van der Waals surface area contributed by atoms with Gasteiger partial charge in [0.25, 0.3) is 5.91 Å². The molecule has 0 saturated carbocycles. The first-order valence-electron chi connectivity index (χ1n) is 7.91. The molecule has 1 fully saturated rings. The Hall–Kier alpha value is -1.73. The molecule has 0 radical (unpaired) electrons. The van der Waals surface area contributed by atoms with E-state index in [0.717, 1.165) is 23.3 Å². The molecule has 2 aromatic rings. The van der Waals surface area contributed by atoms with Crippen LogP contribution in [0.5, 0.6) is 0 Å². The normalized spacial score (nSPS) is 15.8. The summed E-state index contributed by atoms with van der Waals surface area (Å²) in [4.78, 5) is 16.7. The first-order chi connectivity index (χ1) is 11.5. The molecule has 0 N–H and O–H groups in total. The number of aryl methyl sites for hydroxylation is 2. The van der Waals surface area contributed by atoms with Gasteiger partial charge in [0.2, 0.25) is 0 Å². The monoisotopic (exact) mass is 394 g/mol. The van der Waals surface area contributed by atoms with Crippen LogP contribution in [0.15, 0.2) is 28.7 Å². The van der Waals surface area contributed by atoms with E-state index in [0.29, 0.717) is 30.9 Å². The molecule has 1 aliphatic rings. The quantitative estimate of drug-likeness (QED) is 0.803. The zero-order valence-corrected chi connectivity index (χ0v) is 15.4. The van der Waals surface area contributed by atoms with Crippen LogP contribution in [-0.2, 0) is 13.6 Å². The lowest BCUT2D eigenvalue weighted by molar-refractivity contribution is 0.0615. The Balaban J connectivity index is 1.63. The summed E-state index contributed by atoms with van der Waals surface area (Å²) in [6.07, 6.45) is 0. The SMILES string of the molecule is Cc1nn(C)c(C(=O)N2CCN(Cc3ccccc3F)CC2)c1Br. The molecule has 2 heterocycles. The van der Waals surface area contributed by atoms with Crippen molar-refractivity contribution >= 4 is 21.8 Å². The Morgan fingerprint density at radius 1 is 1.25 bits per heavy atom. The summed E-state index contributed by atoms with van der Waals surface area (Å²) in [5, 5.41) is 4.28. The van der Waals surface area contributed by atoms with Gasteiger partial charge in [-0.05, 0) is 28.9 Å². The number of amides is 1. The molecular formula is C17H20BrFN4O. The van der Waals surface area contributed by atoms with E-state index in [-0.39, 0.29) is 11.7 Å². The van der Waals surface area contributed by atoms with E-state index in [1.807, 2.05) is 24.0 Å². The maximum Gasteiger partial charge on any atom is 0.273 e. The number of rotatable bonds is 3. The summed E-state index contributed by atoms with van der Waals surface area (Å²) < 4.78 is 16.1. The number of hydrogen-bond acceptors (Lipinski definition) is 3. The second-order valence-electron chi connectivity index (χ2n) is 6.03. The predicted octanol–water partition coefficient (Wildman–Crippen LogP) is 2.59. The van der Waals surface area contributed by atoms with Gasteiger partial charge in [0.1, 0.15) is 11.5 Å². The van der Waals surface area contributed by atoms with E-state index in [4.69, 9.17) is 0 Å². The molecule has 128 valence electrons. The second-order valence-corrected chi connectivity index (χ2v) is 6.82. The summed E-state index contributed by atoms with van der Waals surface area (Å²) in [6.45, 7) is 5.16. The first kappa shape index (κ1) is 17.1. The van der Waals surface area contributed by atoms with E-state index in [9.17, 15) is 9.18 Å². The van der Waals surface area contributed by atoms with Crippen LogP contribution < -0.4 is 0 Å². The highest BCUT2D eigenvalue weighted by atomic mass is 79.9. The van der Waals surface area contributed by atoms with Crippen molar-refractivity contribution in [3.05, 3.63) is 51.5 Å². The fourth-order valence-corrected chi connectivity index (χ4v) is 3.50. The Bertz CT molecular complexity index is 753. The van der Waals surface area contributed by atoms with Crippen LogP contribution in [0, 0.1) is 12.7 Å². The third kappa shape index (κ3) is 3.37. The number of halogens is 2. The molecule has 7 heteroatoms. The van der Waals surface area contributed by atoms with Crippen molar-refractivity contribution in [3.63, 3.8) is 0 Å². The highest BCUT2D eigenvalue weighted by Crippen LogP contribution is 2.22. The van der Waals surface area contributed by atoms with E-state index in [1.54, 1.807) is 17.8 Å². The molecule has 1 aromatic heterocycles. The van der Waals surface area contributed by atoms with Crippen molar-refractivity contribution in [2.75, 3.05) is 26.2 Å². The number of carbonyl (C=O) groups is 1. The molecule has 0 atom stereocenters. The molecule has 0 spiro atoms. The Labute approximate surface area is 149 Å². The average Bonchev–Trinajstić information content (AvgIpc) is 2.82. The summed E-state index contributed by atoms with van der Waals surface area (Å²) >= 11 is 3.45. The van der Waals surface area contributed by atoms with Crippen molar-refractivity contribution in [3.8, 4) is 0 Å². The number of hydrogen-bond donors (Lipinski definition) is 0. The van der Waals surface area contributed by atoms with Gasteiger partial charge >= 0.3 is 0 Å². The van der Waals surface area contributed by atoms with Gasteiger partial charge in [-0.25, -0.2) is 4.39 Å². The van der Waals surface area contributed by atoms with Crippen molar-refractivity contribution in [2.45, 2.75) is 13.5 Å². The predicted molar refractivity (Wildman–Crippen MR) is 93.2 cm³/mol. The molecule has 1 aliphatic heterocycles. The van der Waals surface area contributed by atoms with E-state index < -0.39 is 0 Å². The molecule has 3 rings (SSSR count). The van der Waals surface area contributed by atoms with Crippen LogP contribution in [0.3, 0.4) is 0 Å². The standard InChI is InChI=1S/C17H20BrFN4O/c1-12-15(18)16(21(2)20-12)17(24)23-9-7-22(8-10-23)11-13-5-3-4-6-14(13)19/h3-6H,7-11H2,1-2H3. The molecule has 0 aliphatic carbocycles. The van der Waals surface area contributed by atoms with E-state index >= 15 is 0 Å². The van der Waals surface area contributed by atoms with Crippen LogP contribution in [0.1, 0.15) is 21.7 Å². The van der Waals surface area contributed by atoms with Gasteiger partial charge in [-0.1, -0.05) is 18.2 Å². The van der Waals surface area contributed by atoms with Crippen LogP contribution in [0.2, 0.25) is 0 Å².